The topological polar surface area (TPSA) is 21.3 Å². The van der Waals surface area contributed by atoms with Gasteiger partial charge in [0.05, 0.1) is 6.61 Å². The first-order chi connectivity index (χ1) is 8.07. The van der Waals surface area contributed by atoms with Gasteiger partial charge in [-0.3, -0.25) is 0 Å². The molecule has 0 heterocycles. The Bertz CT molecular complexity index is 367. The third-order valence-corrected chi connectivity index (χ3v) is 3.28. The number of halogens is 1. The number of hydrogen-bond donors (Lipinski definition) is 1. The van der Waals surface area contributed by atoms with E-state index in [0.29, 0.717) is 12.4 Å². The van der Waals surface area contributed by atoms with Gasteiger partial charge in [-0.05, 0) is 38.1 Å². The van der Waals surface area contributed by atoms with E-state index in [9.17, 15) is 4.39 Å². The Morgan fingerprint density at radius 3 is 2.53 bits per heavy atom. The van der Waals surface area contributed by atoms with Crippen molar-refractivity contribution < 1.29 is 9.13 Å². The van der Waals surface area contributed by atoms with E-state index in [-0.39, 0.29) is 11.2 Å². The van der Waals surface area contributed by atoms with Crippen LogP contribution in [0.2, 0.25) is 0 Å². The van der Waals surface area contributed by atoms with Gasteiger partial charge in [0.1, 0.15) is 0 Å². The molecule has 1 unspecified atom stereocenters. The minimum Gasteiger partial charge on any atom is -0.491 e. The summed E-state index contributed by atoms with van der Waals surface area (Å²) in [5.74, 6) is 0.0549. The van der Waals surface area contributed by atoms with Crippen LogP contribution in [0.1, 0.15) is 32.8 Å². The fourth-order valence-corrected chi connectivity index (χ4v) is 1.97. The zero-order chi connectivity index (χ0) is 12.9. The van der Waals surface area contributed by atoms with Crippen LogP contribution in [-0.4, -0.2) is 20.2 Å². The van der Waals surface area contributed by atoms with Crippen molar-refractivity contribution in [1.82, 2.24) is 5.32 Å². The summed E-state index contributed by atoms with van der Waals surface area (Å²) >= 11 is 0. The normalized spacial score (nSPS) is 14.4. The first-order valence-electron chi connectivity index (χ1n) is 6.14. The predicted molar refractivity (Wildman–Crippen MR) is 69.1 cm³/mol. The minimum absolute atomic E-state index is 0.0413. The molecule has 96 valence electrons. The summed E-state index contributed by atoms with van der Waals surface area (Å²) in [5, 5.41) is 3.16. The Balaban J connectivity index is 3.02. The number of hydrogen-bond acceptors (Lipinski definition) is 2. The molecule has 0 aromatic heterocycles. The first kappa shape index (κ1) is 14.0. The van der Waals surface area contributed by atoms with Crippen LogP contribution < -0.4 is 10.1 Å². The molecule has 0 spiro atoms. The number of ether oxygens (including phenoxy) is 1. The molecule has 0 aliphatic rings. The Morgan fingerprint density at radius 2 is 2.06 bits per heavy atom. The average Bonchev–Trinajstić information content (AvgIpc) is 2.32. The molecular weight excluding hydrogens is 217 g/mol. The van der Waals surface area contributed by atoms with Gasteiger partial charge in [-0.1, -0.05) is 19.9 Å². The standard InChI is InChI=1S/C14H22FNO/c1-5-14(3,10-16-4)11-7-8-13(17-6-2)12(15)9-11/h7-9,16H,5-6,10H2,1-4H3. The van der Waals surface area contributed by atoms with Crippen molar-refractivity contribution in [3.63, 3.8) is 0 Å². The first-order valence-corrected chi connectivity index (χ1v) is 6.14. The van der Waals surface area contributed by atoms with Gasteiger partial charge in [0.2, 0.25) is 0 Å². The maximum absolute atomic E-state index is 13.8. The van der Waals surface area contributed by atoms with E-state index >= 15 is 0 Å². The molecule has 2 nitrogen and oxygen atoms in total. The molecule has 0 aliphatic carbocycles. The van der Waals surface area contributed by atoms with Crippen LogP contribution in [0.3, 0.4) is 0 Å². The Hall–Kier alpha value is -1.09. The van der Waals surface area contributed by atoms with Gasteiger partial charge in [0.15, 0.2) is 11.6 Å². The molecular formula is C14H22FNO. The second kappa shape index (κ2) is 6.01. The zero-order valence-corrected chi connectivity index (χ0v) is 11.1. The summed E-state index contributed by atoms with van der Waals surface area (Å²) in [6, 6.07) is 5.26. The maximum Gasteiger partial charge on any atom is 0.165 e. The molecule has 1 aromatic rings. The molecule has 0 bridgehead atoms. The highest BCUT2D eigenvalue weighted by Gasteiger charge is 2.24. The molecule has 17 heavy (non-hydrogen) atoms. The lowest BCUT2D eigenvalue weighted by atomic mass is 9.80. The monoisotopic (exact) mass is 239 g/mol. The van der Waals surface area contributed by atoms with Crippen LogP contribution in [0.25, 0.3) is 0 Å². The maximum atomic E-state index is 13.8. The smallest absolute Gasteiger partial charge is 0.165 e. The van der Waals surface area contributed by atoms with Crippen molar-refractivity contribution in [3.05, 3.63) is 29.6 Å². The Kier molecular flexibility index (Phi) is 4.94. The summed E-state index contributed by atoms with van der Waals surface area (Å²) in [6.45, 7) is 7.42. The van der Waals surface area contributed by atoms with Crippen molar-refractivity contribution in [2.45, 2.75) is 32.6 Å². The third kappa shape index (κ3) is 3.19. The van der Waals surface area contributed by atoms with E-state index in [2.05, 4.69) is 19.2 Å². The minimum atomic E-state index is -0.278. The molecule has 1 rings (SSSR count). The number of likely N-dealkylation sites (N-methyl/N-ethyl adjacent to an activating group) is 1. The average molecular weight is 239 g/mol. The number of benzene rings is 1. The van der Waals surface area contributed by atoms with Crippen molar-refractivity contribution in [2.24, 2.45) is 0 Å². The molecule has 3 heteroatoms. The van der Waals surface area contributed by atoms with E-state index in [1.54, 1.807) is 12.1 Å². The van der Waals surface area contributed by atoms with Gasteiger partial charge in [0.25, 0.3) is 0 Å². The fourth-order valence-electron chi connectivity index (χ4n) is 1.97. The van der Waals surface area contributed by atoms with Gasteiger partial charge < -0.3 is 10.1 Å². The Morgan fingerprint density at radius 1 is 1.35 bits per heavy atom. The fraction of sp³-hybridized carbons (Fsp3) is 0.571. The summed E-state index contributed by atoms with van der Waals surface area (Å²) in [5.41, 5.74) is 0.968. The predicted octanol–water partition coefficient (Wildman–Crippen LogP) is 3.11. The lowest BCUT2D eigenvalue weighted by molar-refractivity contribution is 0.320. The van der Waals surface area contributed by atoms with Gasteiger partial charge in [0, 0.05) is 12.0 Å². The SMILES string of the molecule is CCOc1ccc(C(C)(CC)CNC)cc1F. The van der Waals surface area contributed by atoms with Gasteiger partial charge in [-0.15, -0.1) is 0 Å². The van der Waals surface area contributed by atoms with E-state index < -0.39 is 0 Å². The van der Waals surface area contributed by atoms with E-state index in [0.717, 1.165) is 18.5 Å². The van der Waals surface area contributed by atoms with E-state index in [1.807, 2.05) is 20.0 Å². The second-order valence-electron chi connectivity index (χ2n) is 4.52. The van der Waals surface area contributed by atoms with Crippen LogP contribution in [-0.2, 0) is 5.41 Å². The third-order valence-electron chi connectivity index (χ3n) is 3.28. The Labute approximate surface area is 103 Å². The number of rotatable bonds is 6. The van der Waals surface area contributed by atoms with Crippen LogP contribution in [0.4, 0.5) is 4.39 Å². The molecule has 0 saturated carbocycles. The molecule has 1 aromatic carbocycles. The highest BCUT2D eigenvalue weighted by molar-refractivity contribution is 5.34. The van der Waals surface area contributed by atoms with Crippen molar-refractivity contribution in [3.8, 4) is 5.75 Å². The second-order valence-corrected chi connectivity index (χ2v) is 4.52. The highest BCUT2D eigenvalue weighted by Crippen LogP contribution is 2.30. The summed E-state index contributed by atoms with van der Waals surface area (Å²) < 4.78 is 19.0. The van der Waals surface area contributed by atoms with Crippen LogP contribution in [0, 0.1) is 5.82 Å². The van der Waals surface area contributed by atoms with E-state index in [4.69, 9.17) is 4.74 Å². The molecule has 1 N–H and O–H groups in total. The van der Waals surface area contributed by atoms with Gasteiger partial charge in [-0.2, -0.15) is 0 Å². The largest absolute Gasteiger partial charge is 0.491 e. The van der Waals surface area contributed by atoms with Crippen LogP contribution >= 0.6 is 0 Å². The highest BCUT2D eigenvalue weighted by atomic mass is 19.1. The summed E-state index contributed by atoms with van der Waals surface area (Å²) in [7, 11) is 1.92. The molecule has 0 aliphatic heterocycles. The number of nitrogens with one attached hydrogen (secondary N) is 1. The lowest BCUT2D eigenvalue weighted by Gasteiger charge is -2.29. The molecule has 0 amide bonds. The molecule has 0 fully saturated rings. The molecule has 0 radical (unpaired) electrons. The van der Waals surface area contributed by atoms with Crippen LogP contribution in [0.15, 0.2) is 18.2 Å². The lowest BCUT2D eigenvalue weighted by Crippen LogP contribution is -2.33. The van der Waals surface area contributed by atoms with Crippen molar-refractivity contribution in [1.29, 1.82) is 0 Å². The van der Waals surface area contributed by atoms with Crippen LogP contribution in [0.5, 0.6) is 5.75 Å². The van der Waals surface area contributed by atoms with E-state index in [1.165, 1.54) is 0 Å². The summed E-state index contributed by atoms with van der Waals surface area (Å²) in [6.07, 6.45) is 0.960. The summed E-state index contributed by atoms with van der Waals surface area (Å²) in [4.78, 5) is 0. The molecule has 1 atom stereocenters. The quantitative estimate of drug-likeness (QED) is 0.823. The van der Waals surface area contributed by atoms with Crippen molar-refractivity contribution >= 4 is 0 Å². The van der Waals surface area contributed by atoms with Gasteiger partial charge in [-0.25, -0.2) is 4.39 Å². The van der Waals surface area contributed by atoms with Gasteiger partial charge >= 0.3 is 0 Å². The van der Waals surface area contributed by atoms with Crippen molar-refractivity contribution in [2.75, 3.05) is 20.2 Å². The molecule has 0 saturated heterocycles. The zero-order valence-electron chi connectivity index (χ0n) is 11.1.